The van der Waals surface area contributed by atoms with Gasteiger partial charge < -0.3 is 10.6 Å². The molecule has 1 heterocycles. The number of hydrogen-bond acceptors (Lipinski definition) is 4. The van der Waals surface area contributed by atoms with Crippen molar-refractivity contribution >= 4 is 22.7 Å². The van der Waals surface area contributed by atoms with Crippen molar-refractivity contribution in [3.63, 3.8) is 0 Å². The van der Waals surface area contributed by atoms with Crippen molar-refractivity contribution in [3.05, 3.63) is 24.3 Å². The molecule has 0 saturated heterocycles. The largest absolute Gasteiger partial charge is 0.370 e. The molecule has 0 amide bonds. The first-order chi connectivity index (χ1) is 7.35. The van der Waals surface area contributed by atoms with E-state index in [1.54, 1.807) is 0 Å². The minimum Gasteiger partial charge on any atom is -0.370 e. The monoisotopic (exact) mass is 202 g/mol. The molecule has 2 aromatic rings. The Kier molecular flexibility index (Phi) is 2.67. The molecule has 0 bridgehead atoms. The topological polar surface area (TPSA) is 49.8 Å². The Labute approximate surface area is 88.7 Å². The van der Waals surface area contributed by atoms with Crippen LogP contribution in [-0.2, 0) is 0 Å². The molecular formula is C11H14N4. The molecule has 15 heavy (non-hydrogen) atoms. The maximum atomic E-state index is 4.38. The third-order valence-corrected chi connectivity index (χ3v) is 2.17. The number of anilines is 2. The van der Waals surface area contributed by atoms with Crippen molar-refractivity contribution in [1.82, 2.24) is 9.97 Å². The third kappa shape index (κ3) is 1.83. The standard InChI is InChI=1S/C11H14N4/c1-3-13-10-8-6-4-5-7-9(8)14-11(12-2)15-10/h4-7H,3H2,1-2H3,(H2,12,13,14,15). The lowest BCUT2D eigenvalue weighted by Gasteiger charge is -2.08. The fourth-order valence-electron chi connectivity index (χ4n) is 1.49. The summed E-state index contributed by atoms with van der Waals surface area (Å²) in [6, 6.07) is 7.97. The first-order valence-electron chi connectivity index (χ1n) is 5.03. The highest BCUT2D eigenvalue weighted by atomic mass is 15.1. The second kappa shape index (κ2) is 4.13. The summed E-state index contributed by atoms with van der Waals surface area (Å²) in [7, 11) is 1.82. The van der Waals surface area contributed by atoms with Gasteiger partial charge in [-0.05, 0) is 19.1 Å². The number of nitrogens with one attached hydrogen (secondary N) is 2. The van der Waals surface area contributed by atoms with E-state index in [0.29, 0.717) is 5.95 Å². The van der Waals surface area contributed by atoms with E-state index in [0.717, 1.165) is 23.3 Å². The molecule has 2 rings (SSSR count). The van der Waals surface area contributed by atoms with E-state index in [1.807, 2.05) is 31.3 Å². The molecule has 2 N–H and O–H groups in total. The lowest BCUT2D eigenvalue weighted by molar-refractivity contribution is 1.13. The Bertz CT molecular complexity index is 467. The summed E-state index contributed by atoms with van der Waals surface area (Å²) < 4.78 is 0. The van der Waals surface area contributed by atoms with Gasteiger partial charge in [0, 0.05) is 19.0 Å². The zero-order chi connectivity index (χ0) is 10.7. The third-order valence-electron chi connectivity index (χ3n) is 2.17. The molecule has 0 fully saturated rings. The molecule has 0 spiro atoms. The molecule has 0 saturated carbocycles. The number of nitrogens with zero attached hydrogens (tertiary/aromatic N) is 2. The normalized spacial score (nSPS) is 10.3. The average Bonchev–Trinajstić information content (AvgIpc) is 2.29. The van der Waals surface area contributed by atoms with E-state index in [9.17, 15) is 0 Å². The van der Waals surface area contributed by atoms with Crippen molar-refractivity contribution in [1.29, 1.82) is 0 Å². The number of fused-ring (bicyclic) bond motifs is 1. The Hall–Kier alpha value is -1.84. The van der Waals surface area contributed by atoms with Crippen LogP contribution in [-0.4, -0.2) is 23.6 Å². The number of benzene rings is 1. The molecule has 4 nitrogen and oxygen atoms in total. The second-order valence-corrected chi connectivity index (χ2v) is 3.19. The smallest absolute Gasteiger partial charge is 0.224 e. The fraction of sp³-hybridized carbons (Fsp3) is 0.273. The van der Waals surface area contributed by atoms with Gasteiger partial charge in [-0.1, -0.05) is 12.1 Å². The van der Waals surface area contributed by atoms with Crippen LogP contribution in [0.1, 0.15) is 6.92 Å². The molecular weight excluding hydrogens is 188 g/mol. The predicted molar refractivity (Wildman–Crippen MR) is 63.2 cm³/mol. The van der Waals surface area contributed by atoms with Crippen LogP contribution in [0.3, 0.4) is 0 Å². The van der Waals surface area contributed by atoms with Gasteiger partial charge in [0.2, 0.25) is 5.95 Å². The zero-order valence-corrected chi connectivity index (χ0v) is 8.91. The quantitative estimate of drug-likeness (QED) is 0.800. The van der Waals surface area contributed by atoms with Crippen LogP contribution in [0.2, 0.25) is 0 Å². The SMILES string of the molecule is CCNc1nc(NC)nc2ccccc12. The van der Waals surface area contributed by atoms with Crippen LogP contribution in [0.15, 0.2) is 24.3 Å². The van der Waals surface area contributed by atoms with Gasteiger partial charge in [-0.15, -0.1) is 0 Å². The lowest BCUT2D eigenvalue weighted by Crippen LogP contribution is -2.04. The van der Waals surface area contributed by atoms with Crippen molar-refractivity contribution in [2.45, 2.75) is 6.92 Å². The summed E-state index contributed by atoms with van der Waals surface area (Å²) in [6.45, 7) is 2.90. The molecule has 0 radical (unpaired) electrons. The molecule has 0 aliphatic heterocycles. The summed E-state index contributed by atoms with van der Waals surface area (Å²) in [5.74, 6) is 1.53. The molecule has 1 aromatic heterocycles. The van der Waals surface area contributed by atoms with Crippen LogP contribution in [0.5, 0.6) is 0 Å². The molecule has 0 aliphatic rings. The Balaban J connectivity index is 2.63. The minimum atomic E-state index is 0.643. The van der Waals surface area contributed by atoms with Gasteiger partial charge in [-0.25, -0.2) is 4.98 Å². The van der Waals surface area contributed by atoms with Crippen molar-refractivity contribution in [3.8, 4) is 0 Å². The lowest BCUT2D eigenvalue weighted by atomic mass is 10.2. The Morgan fingerprint density at radius 3 is 2.73 bits per heavy atom. The van der Waals surface area contributed by atoms with Crippen molar-refractivity contribution < 1.29 is 0 Å². The summed E-state index contributed by atoms with van der Waals surface area (Å²) in [5, 5.41) is 7.24. The van der Waals surface area contributed by atoms with Crippen molar-refractivity contribution in [2.24, 2.45) is 0 Å². The van der Waals surface area contributed by atoms with Gasteiger partial charge >= 0.3 is 0 Å². The second-order valence-electron chi connectivity index (χ2n) is 3.19. The van der Waals surface area contributed by atoms with Gasteiger partial charge in [0.1, 0.15) is 5.82 Å². The maximum absolute atomic E-state index is 4.38. The van der Waals surface area contributed by atoms with Gasteiger partial charge in [0.05, 0.1) is 5.52 Å². The zero-order valence-electron chi connectivity index (χ0n) is 8.91. The highest BCUT2D eigenvalue weighted by Gasteiger charge is 2.04. The highest BCUT2D eigenvalue weighted by Crippen LogP contribution is 2.21. The number of para-hydroxylation sites is 1. The minimum absolute atomic E-state index is 0.643. The molecule has 4 heteroatoms. The summed E-state index contributed by atoms with van der Waals surface area (Å²) in [6.07, 6.45) is 0. The van der Waals surface area contributed by atoms with E-state index in [4.69, 9.17) is 0 Å². The van der Waals surface area contributed by atoms with Crippen LogP contribution < -0.4 is 10.6 Å². The summed E-state index contributed by atoms with van der Waals surface area (Å²) in [5.41, 5.74) is 0.952. The molecule has 0 aliphatic carbocycles. The molecule has 78 valence electrons. The Morgan fingerprint density at radius 2 is 2.00 bits per heavy atom. The van der Waals surface area contributed by atoms with Crippen molar-refractivity contribution in [2.75, 3.05) is 24.2 Å². The van der Waals surface area contributed by atoms with Gasteiger partial charge in [-0.3, -0.25) is 0 Å². The van der Waals surface area contributed by atoms with Gasteiger partial charge in [0.15, 0.2) is 0 Å². The van der Waals surface area contributed by atoms with E-state index in [1.165, 1.54) is 0 Å². The predicted octanol–water partition coefficient (Wildman–Crippen LogP) is 2.10. The Morgan fingerprint density at radius 1 is 1.20 bits per heavy atom. The average molecular weight is 202 g/mol. The molecule has 0 unspecified atom stereocenters. The number of hydrogen-bond donors (Lipinski definition) is 2. The first kappa shape index (κ1) is 9.71. The van der Waals surface area contributed by atoms with Gasteiger partial charge in [-0.2, -0.15) is 4.98 Å². The highest BCUT2D eigenvalue weighted by molar-refractivity contribution is 5.89. The van der Waals surface area contributed by atoms with E-state index in [2.05, 4.69) is 27.5 Å². The van der Waals surface area contributed by atoms with E-state index in [-0.39, 0.29) is 0 Å². The number of rotatable bonds is 3. The van der Waals surface area contributed by atoms with E-state index >= 15 is 0 Å². The van der Waals surface area contributed by atoms with Crippen LogP contribution in [0, 0.1) is 0 Å². The van der Waals surface area contributed by atoms with Crippen LogP contribution in [0.25, 0.3) is 10.9 Å². The number of aromatic nitrogens is 2. The molecule has 0 atom stereocenters. The molecule has 1 aromatic carbocycles. The van der Waals surface area contributed by atoms with Gasteiger partial charge in [0.25, 0.3) is 0 Å². The fourth-order valence-corrected chi connectivity index (χ4v) is 1.49. The maximum Gasteiger partial charge on any atom is 0.224 e. The summed E-state index contributed by atoms with van der Waals surface area (Å²) >= 11 is 0. The first-order valence-corrected chi connectivity index (χ1v) is 5.03. The van der Waals surface area contributed by atoms with Crippen LogP contribution >= 0.6 is 0 Å². The van der Waals surface area contributed by atoms with Crippen LogP contribution in [0.4, 0.5) is 11.8 Å². The van der Waals surface area contributed by atoms with E-state index < -0.39 is 0 Å². The summed E-state index contributed by atoms with van der Waals surface area (Å²) in [4.78, 5) is 8.75.